The number of hydrogen-bond acceptors (Lipinski definition) is 4. The van der Waals surface area contributed by atoms with Gasteiger partial charge in [-0.1, -0.05) is 24.3 Å². The number of anilines is 2. The molecule has 27 heavy (non-hydrogen) atoms. The summed E-state index contributed by atoms with van der Waals surface area (Å²) in [6.45, 7) is 6.13. The van der Waals surface area contributed by atoms with Crippen molar-refractivity contribution in [2.24, 2.45) is 0 Å². The van der Waals surface area contributed by atoms with Crippen molar-refractivity contribution >= 4 is 17.3 Å². The second-order valence-corrected chi connectivity index (χ2v) is 7.83. The van der Waals surface area contributed by atoms with E-state index in [0.717, 1.165) is 42.2 Å². The number of benzene rings is 2. The third-order valence-corrected chi connectivity index (χ3v) is 5.04. The standard InChI is InChI=1S/C22H26N2O3/c1-22(2)14-16-8-7-11-19(21(16)27-22)26-15-20(25)23-17-9-3-4-10-18(17)24-12-5-6-13-24/h3-4,7-11H,5-6,12-15H2,1-2H3,(H,23,25). The summed E-state index contributed by atoms with van der Waals surface area (Å²) in [5, 5.41) is 3.00. The minimum absolute atomic E-state index is 0.0470. The third kappa shape index (κ3) is 3.87. The van der Waals surface area contributed by atoms with Crippen LogP contribution in [0.3, 0.4) is 0 Å². The Morgan fingerprint density at radius 1 is 1.15 bits per heavy atom. The fourth-order valence-electron chi connectivity index (χ4n) is 3.84. The van der Waals surface area contributed by atoms with Crippen molar-refractivity contribution in [2.75, 3.05) is 29.9 Å². The quantitative estimate of drug-likeness (QED) is 0.868. The molecule has 4 rings (SSSR count). The van der Waals surface area contributed by atoms with Gasteiger partial charge in [0.05, 0.1) is 11.4 Å². The zero-order valence-electron chi connectivity index (χ0n) is 16.0. The lowest BCUT2D eigenvalue weighted by Crippen LogP contribution is -2.25. The van der Waals surface area contributed by atoms with Crippen molar-refractivity contribution in [3.63, 3.8) is 0 Å². The predicted octanol–water partition coefficient (Wildman–Crippen LogP) is 4.02. The Hall–Kier alpha value is -2.69. The van der Waals surface area contributed by atoms with Crippen LogP contribution in [0.5, 0.6) is 11.5 Å². The molecule has 142 valence electrons. The van der Waals surface area contributed by atoms with Gasteiger partial charge >= 0.3 is 0 Å². The number of para-hydroxylation sites is 3. The van der Waals surface area contributed by atoms with Gasteiger partial charge in [0.25, 0.3) is 5.91 Å². The molecule has 1 N–H and O–H groups in total. The van der Waals surface area contributed by atoms with Crippen LogP contribution < -0.4 is 19.7 Å². The van der Waals surface area contributed by atoms with Crippen LogP contribution in [-0.4, -0.2) is 31.2 Å². The molecule has 0 aliphatic carbocycles. The molecular formula is C22H26N2O3. The van der Waals surface area contributed by atoms with Crippen molar-refractivity contribution in [3.8, 4) is 11.5 Å². The zero-order valence-corrected chi connectivity index (χ0v) is 16.0. The summed E-state index contributed by atoms with van der Waals surface area (Å²) >= 11 is 0. The number of rotatable bonds is 5. The number of carbonyl (C=O) groups excluding carboxylic acids is 1. The highest BCUT2D eigenvalue weighted by Crippen LogP contribution is 2.41. The van der Waals surface area contributed by atoms with Gasteiger partial charge in [-0.25, -0.2) is 0 Å². The predicted molar refractivity (Wildman–Crippen MR) is 107 cm³/mol. The van der Waals surface area contributed by atoms with Gasteiger partial charge < -0.3 is 19.7 Å². The van der Waals surface area contributed by atoms with E-state index in [-0.39, 0.29) is 18.1 Å². The highest BCUT2D eigenvalue weighted by molar-refractivity contribution is 5.95. The van der Waals surface area contributed by atoms with Gasteiger partial charge in [-0.3, -0.25) is 4.79 Å². The molecule has 2 aromatic rings. The molecule has 2 heterocycles. The molecule has 5 heteroatoms. The van der Waals surface area contributed by atoms with Gasteiger partial charge in [-0.15, -0.1) is 0 Å². The Labute approximate surface area is 160 Å². The highest BCUT2D eigenvalue weighted by atomic mass is 16.5. The molecule has 0 atom stereocenters. The monoisotopic (exact) mass is 366 g/mol. The smallest absolute Gasteiger partial charge is 0.262 e. The van der Waals surface area contributed by atoms with Gasteiger partial charge in [-0.2, -0.15) is 0 Å². The van der Waals surface area contributed by atoms with Crippen LogP contribution in [0.2, 0.25) is 0 Å². The molecule has 1 saturated heterocycles. The number of carbonyl (C=O) groups is 1. The van der Waals surface area contributed by atoms with Crippen molar-refractivity contribution in [1.29, 1.82) is 0 Å². The minimum Gasteiger partial charge on any atom is -0.483 e. The molecule has 1 fully saturated rings. The van der Waals surface area contributed by atoms with Crippen LogP contribution in [0.25, 0.3) is 0 Å². The van der Waals surface area contributed by atoms with Crippen molar-refractivity contribution in [1.82, 2.24) is 0 Å². The maximum atomic E-state index is 12.5. The van der Waals surface area contributed by atoms with Crippen molar-refractivity contribution < 1.29 is 14.3 Å². The molecule has 2 aliphatic rings. The summed E-state index contributed by atoms with van der Waals surface area (Å²) in [5.74, 6) is 1.21. The van der Waals surface area contributed by atoms with Crippen LogP contribution in [0.4, 0.5) is 11.4 Å². The number of nitrogens with zero attached hydrogens (tertiary/aromatic N) is 1. The second kappa shape index (κ2) is 7.14. The molecule has 0 spiro atoms. The lowest BCUT2D eigenvalue weighted by Gasteiger charge is -2.21. The van der Waals surface area contributed by atoms with Gasteiger partial charge in [0.15, 0.2) is 18.1 Å². The molecule has 0 unspecified atom stereocenters. The van der Waals surface area contributed by atoms with Gasteiger partial charge in [0.2, 0.25) is 0 Å². The summed E-state index contributed by atoms with van der Waals surface area (Å²) in [6.07, 6.45) is 3.23. The number of fused-ring (bicyclic) bond motifs is 1. The summed E-state index contributed by atoms with van der Waals surface area (Å²) in [5.41, 5.74) is 2.80. The number of nitrogens with one attached hydrogen (secondary N) is 1. The average Bonchev–Trinajstić information content (AvgIpc) is 3.26. The molecule has 1 amide bonds. The molecule has 2 aliphatic heterocycles. The molecule has 0 bridgehead atoms. The minimum atomic E-state index is -0.237. The van der Waals surface area contributed by atoms with Crippen LogP contribution in [0.1, 0.15) is 32.3 Å². The number of ether oxygens (including phenoxy) is 2. The van der Waals surface area contributed by atoms with Crippen molar-refractivity contribution in [2.45, 2.75) is 38.7 Å². The Kier molecular flexibility index (Phi) is 4.68. The Bertz CT molecular complexity index is 841. The van der Waals surface area contributed by atoms with E-state index in [1.807, 2.05) is 36.4 Å². The first-order chi connectivity index (χ1) is 13.0. The highest BCUT2D eigenvalue weighted by Gasteiger charge is 2.32. The molecule has 0 radical (unpaired) electrons. The Balaban J connectivity index is 1.41. The second-order valence-electron chi connectivity index (χ2n) is 7.83. The van der Waals surface area contributed by atoms with E-state index in [2.05, 4.69) is 30.1 Å². The van der Waals surface area contributed by atoms with Crippen molar-refractivity contribution in [3.05, 3.63) is 48.0 Å². The lowest BCUT2D eigenvalue weighted by atomic mass is 10.0. The first-order valence-corrected chi connectivity index (χ1v) is 9.59. The molecule has 0 saturated carbocycles. The van der Waals surface area contributed by atoms with E-state index in [4.69, 9.17) is 9.47 Å². The van der Waals surface area contributed by atoms with Crippen LogP contribution in [-0.2, 0) is 11.2 Å². The van der Waals surface area contributed by atoms with Crippen LogP contribution >= 0.6 is 0 Å². The molecule has 5 nitrogen and oxygen atoms in total. The SMILES string of the molecule is CC1(C)Cc2cccc(OCC(=O)Nc3ccccc3N3CCCC3)c2O1. The molecule has 2 aromatic carbocycles. The fraction of sp³-hybridized carbons (Fsp3) is 0.409. The van der Waals surface area contributed by atoms with Crippen LogP contribution in [0, 0.1) is 0 Å². The van der Waals surface area contributed by atoms with E-state index in [1.54, 1.807) is 0 Å². The summed E-state index contributed by atoms with van der Waals surface area (Å²) in [7, 11) is 0. The third-order valence-electron chi connectivity index (χ3n) is 5.04. The number of hydrogen-bond donors (Lipinski definition) is 1. The molecule has 0 aromatic heterocycles. The summed E-state index contributed by atoms with van der Waals surface area (Å²) in [6, 6.07) is 13.8. The maximum absolute atomic E-state index is 12.5. The van der Waals surface area contributed by atoms with E-state index in [9.17, 15) is 4.79 Å². The normalized spacial score (nSPS) is 17.3. The zero-order chi connectivity index (χ0) is 18.9. The maximum Gasteiger partial charge on any atom is 0.262 e. The van der Waals surface area contributed by atoms with Gasteiger partial charge in [0.1, 0.15) is 5.60 Å². The number of amides is 1. The summed E-state index contributed by atoms with van der Waals surface area (Å²) in [4.78, 5) is 14.8. The Morgan fingerprint density at radius 3 is 2.74 bits per heavy atom. The Morgan fingerprint density at radius 2 is 1.93 bits per heavy atom. The van der Waals surface area contributed by atoms with Gasteiger partial charge in [-0.05, 0) is 44.9 Å². The van der Waals surface area contributed by atoms with Gasteiger partial charge in [0, 0.05) is 25.1 Å². The largest absolute Gasteiger partial charge is 0.483 e. The van der Waals surface area contributed by atoms with E-state index < -0.39 is 0 Å². The first kappa shape index (κ1) is 17.7. The lowest BCUT2D eigenvalue weighted by molar-refractivity contribution is -0.118. The topological polar surface area (TPSA) is 50.8 Å². The van der Waals surface area contributed by atoms with E-state index in [0.29, 0.717) is 5.75 Å². The van der Waals surface area contributed by atoms with E-state index >= 15 is 0 Å². The average molecular weight is 366 g/mol. The summed E-state index contributed by atoms with van der Waals surface area (Å²) < 4.78 is 11.8. The van der Waals surface area contributed by atoms with Crippen LogP contribution in [0.15, 0.2) is 42.5 Å². The van der Waals surface area contributed by atoms with E-state index in [1.165, 1.54) is 12.8 Å². The first-order valence-electron chi connectivity index (χ1n) is 9.59. The fourth-order valence-corrected chi connectivity index (χ4v) is 3.84. The molecular weight excluding hydrogens is 340 g/mol.